The Labute approximate surface area is 143 Å². The largest absolute Gasteiger partial charge is 0.497 e. The third-order valence-corrected chi connectivity index (χ3v) is 3.50. The molecule has 0 aliphatic carbocycles. The maximum absolute atomic E-state index is 5.15. The molecule has 4 heteroatoms. The highest BCUT2D eigenvalue weighted by Crippen LogP contribution is 2.12. The molecule has 0 aliphatic rings. The Kier molecular flexibility index (Phi) is 8.63. The fourth-order valence-corrected chi connectivity index (χ4v) is 2.17. The molecule has 0 unspecified atom stereocenters. The summed E-state index contributed by atoms with van der Waals surface area (Å²) in [5.41, 5.74) is 2.65. The number of methoxy groups -OCH3 is 2. The van der Waals surface area contributed by atoms with Crippen LogP contribution in [0.2, 0.25) is 0 Å². The van der Waals surface area contributed by atoms with E-state index in [1.807, 2.05) is 24.3 Å². The number of hydrogen-bond donors (Lipinski definition) is 1. The second-order valence-corrected chi connectivity index (χ2v) is 4.95. The maximum atomic E-state index is 5.15. The molecule has 0 fully saturated rings. The van der Waals surface area contributed by atoms with Crippen molar-refractivity contribution in [3.05, 3.63) is 59.7 Å². The van der Waals surface area contributed by atoms with Gasteiger partial charge in [0.2, 0.25) is 0 Å². The van der Waals surface area contributed by atoms with Gasteiger partial charge in [-0.25, -0.2) is 0 Å². The van der Waals surface area contributed by atoms with Crippen molar-refractivity contribution in [2.75, 3.05) is 27.3 Å². The van der Waals surface area contributed by atoms with Gasteiger partial charge in [0, 0.05) is 0 Å². The molecule has 1 N–H and O–H groups in total. The molecule has 120 valence electrons. The fraction of sp³-hybridized carbons (Fsp3) is 0.333. The van der Waals surface area contributed by atoms with Crippen LogP contribution in [0.1, 0.15) is 11.1 Å². The van der Waals surface area contributed by atoms with E-state index in [9.17, 15) is 0 Å². The molecule has 0 amide bonds. The summed E-state index contributed by atoms with van der Waals surface area (Å²) in [5, 5.41) is 3.48. The third-order valence-electron chi connectivity index (χ3n) is 3.50. The number of ether oxygens (including phenoxy) is 2. The summed E-state index contributed by atoms with van der Waals surface area (Å²) in [4.78, 5) is 0. The minimum atomic E-state index is 0. The first-order valence-electron chi connectivity index (χ1n) is 7.28. The van der Waals surface area contributed by atoms with Gasteiger partial charge in [-0.1, -0.05) is 24.3 Å². The fourth-order valence-electron chi connectivity index (χ4n) is 2.17. The molecule has 0 saturated heterocycles. The highest BCUT2D eigenvalue weighted by atomic mass is 79.9. The molecule has 0 aromatic heterocycles. The monoisotopic (exact) mass is 365 g/mol. The van der Waals surface area contributed by atoms with Crippen LogP contribution in [-0.4, -0.2) is 27.3 Å². The van der Waals surface area contributed by atoms with Gasteiger partial charge < -0.3 is 14.8 Å². The van der Waals surface area contributed by atoms with Crippen molar-refractivity contribution < 1.29 is 9.47 Å². The Morgan fingerprint density at radius 2 is 1.05 bits per heavy atom. The van der Waals surface area contributed by atoms with Crippen LogP contribution in [0, 0.1) is 0 Å². The van der Waals surface area contributed by atoms with Crippen LogP contribution in [0.5, 0.6) is 11.5 Å². The normalized spacial score (nSPS) is 9.91. The number of benzene rings is 2. The van der Waals surface area contributed by atoms with Crippen molar-refractivity contribution in [1.82, 2.24) is 5.32 Å². The van der Waals surface area contributed by atoms with Gasteiger partial charge in [0.05, 0.1) is 14.2 Å². The van der Waals surface area contributed by atoms with Crippen LogP contribution in [0.4, 0.5) is 0 Å². The topological polar surface area (TPSA) is 30.5 Å². The molecule has 0 spiro atoms. The third kappa shape index (κ3) is 6.08. The SMILES string of the molecule is Br.COc1ccc(CCNCCc2ccc(OC)cc2)cc1. The molecule has 2 aromatic carbocycles. The molecule has 2 aromatic rings. The lowest BCUT2D eigenvalue weighted by atomic mass is 10.1. The molecule has 0 radical (unpaired) electrons. The summed E-state index contributed by atoms with van der Waals surface area (Å²) in [6.45, 7) is 1.98. The van der Waals surface area contributed by atoms with E-state index in [0.717, 1.165) is 37.4 Å². The predicted molar refractivity (Wildman–Crippen MR) is 96.6 cm³/mol. The van der Waals surface area contributed by atoms with E-state index in [-0.39, 0.29) is 17.0 Å². The van der Waals surface area contributed by atoms with E-state index in [2.05, 4.69) is 29.6 Å². The number of halogens is 1. The highest BCUT2D eigenvalue weighted by molar-refractivity contribution is 8.93. The zero-order valence-corrected chi connectivity index (χ0v) is 14.9. The van der Waals surface area contributed by atoms with Gasteiger partial charge in [0.1, 0.15) is 11.5 Å². The van der Waals surface area contributed by atoms with E-state index in [1.165, 1.54) is 11.1 Å². The number of rotatable bonds is 8. The van der Waals surface area contributed by atoms with E-state index in [1.54, 1.807) is 14.2 Å². The van der Waals surface area contributed by atoms with Crippen molar-refractivity contribution in [2.45, 2.75) is 12.8 Å². The first kappa shape index (κ1) is 18.5. The Balaban J connectivity index is 0.00000242. The summed E-state index contributed by atoms with van der Waals surface area (Å²) in [6.07, 6.45) is 2.07. The second kappa shape index (κ2) is 10.2. The van der Waals surface area contributed by atoms with Gasteiger partial charge in [0.15, 0.2) is 0 Å². The van der Waals surface area contributed by atoms with Crippen LogP contribution in [0.3, 0.4) is 0 Å². The quantitative estimate of drug-likeness (QED) is 0.724. The number of nitrogens with one attached hydrogen (secondary N) is 1. The summed E-state index contributed by atoms with van der Waals surface area (Å²) in [5.74, 6) is 1.82. The van der Waals surface area contributed by atoms with Crippen molar-refractivity contribution in [3.63, 3.8) is 0 Å². The smallest absolute Gasteiger partial charge is 0.118 e. The molecule has 0 heterocycles. The summed E-state index contributed by atoms with van der Waals surface area (Å²) in [6, 6.07) is 16.5. The van der Waals surface area contributed by atoms with E-state index in [0.29, 0.717) is 0 Å². The van der Waals surface area contributed by atoms with Crippen molar-refractivity contribution in [2.24, 2.45) is 0 Å². The van der Waals surface area contributed by atoms with Gasteiger partial charge in [-0.3, -0.25) is 0 Å². The van der Waals surface area contributed by atoms with Gasteiger partial charge in [0.25, 0.3) is 0 Å². The lowest BCUT2D eigenvalue weighted by Gasteiger charge is -2.07. The zero-order valence-electron chi connectivity index (χ0n) is 13.2. The summed E-state index contributed by atoms with van der Waals surface area (Å²) >= 11 is 0. The van der Waals surface area contributed by atoms with Crippen LogP contribution in [0.25, 0.3) is 0 Å². The standard InChI is InChI=1S/C18H23NO2.BrH/c1-20-17-7-3-15(4-8-17)11-13-19-14-12-16-5-9-18(21-2)10-6-16;/h3-10,19H,11-14H2,1-2H3;1H. The Morgan fingerprint density at radius 1 is 0.682 bits per heavy atom. The molecule has 2 rings (SSSR count). The van der Waals surface area contributed by atoms with Crippen LogP contribution < -0.4 is 14.8 Å². The Hall–Kier alpha value is -1.52. The predicted octanol–water partition coefficient (Wildman–Crippen LogP) is 3.66. The van der Waals surface area contributed by atoms with Crippen LogP contribution in [-0.2, 0) is 12.8 Å². The van der Waals surface area contributed by atoms with Gasteiger partial charge in [-0.05, 0) is 61.3 Å². The molecule has 0 saturated carbocycles. The average Bonchev–Trinajstić information content (AvgIpc) is 2.55. The van der Waals surface area contributed by atoms with Gasteiger partial charge in [-0.2, -0.15) is 0 Å². The molecule has 0 atom stereocenters. The van der Waals surface area contributed by atoms with Crippen LogP contribution in [0.15, 0.2) is 48.5 Å². The van der Waals surface area contributed by atoms with E-state index >= 15 is 0 Å². The minimum absolute atomic E-state index is 0. The number of hydrogen-bond acceptors (Lipinski definition) is 3. The maximum Gasteiger partial charge on any atom is 0.118 e. The summed E-state index contributed by atoms with van der Waals surface area (Å²) in [7, 11) is 3.38. The first-order valence-corrected chi connectivity index (χ1v) is 7.28. The Morgan fingerprint density at radius 3 is 1.36 bits per heavy atom. The molecule has 0 bridgehead atoms. The highest BCUT2D eigenvalue weighted by Gasteiger charge is 1.96. The molecular weight excluding hydrogens is 342 g/mol. The molecule has 3 nitrogen and oxygen atoms in total. The lowest BCUT2D eigenvalue weighted by Crippen LogP contribution is -2.20. The molecular formula is C18H24BrNO2. The lowest BCUT2D eigenvalue weighted by molar-refractivity contribution is 0.414. The Bertz CT molecular complexity index is 476. The summed E-state index contributed by atoms with van der Waals surface area (Å²) < 4.78 is 10.3. The average molecular weight is 366 g/mol. The minimum Gasteiger partial charge on any atom is -0.497 e. The van der Waals surface area contributed by atoms with E-state index in [4.69, 9.17) is 9.47 Å². The van der Waals surface area contributed by atoms with Gasteiger partial charge >= 0.3 is 0 Å². The molecule has 0 aliphatic heterocycles. The first-order chi connectivity index (χ1) is 10.3. The zero-order chi connectivity index (χ0) is 14.9. The second-order valence-electron chi connectivity index (χ2n) is 4.95. The molecule has 22 heavy (non-hydrogen) atoms. The van der Waals surface area contributed by atoms with Crippen molar-refractivity contribution in [1.29, 1.82) is 0 Å². The van der Waals surface area contributed by atoms with Crippen molar-refractivity contribution in [3.8, 4) is 11.5 Å². The van der Waals surface area contributed by atoms with Gasteiger partial charge in [-0.15, -0.1) is 17.0 Å². The van der Waals surface area contributed by atoms with E-state index < -0.39 is 0 Å². The van der Waals surface area contributed by atoms with Crippen molar-refractivity contribution >= 4 is 17.0 Å². The van der Waals surface area contributed by atoms with Crippen LogP contribution >= 0.6 is 17.0 Å².